The fourth-order valence-corrected chi connectivity index (χ4v) is 2.07. The Labute approximate surface area is 94.1 Å². The van der Waals surface area contributed by atoms with Crippen LogP contribution in [0.25, 0.3) is 0 Å². The van der Waals surface area contributed by atoms with Gasteiger partial charge in [0, 0.05) is 19.3 Å². The monoisotopic (exact) mass is 218 g/mol. The van der Waals surface area contributed by atoms with Crippen LogP contribution in [0.2, 0.25) is 0 Å². The minimum atomic E-state index is -0.187. The van der Waals surface area contributed by atoms with Gasteiger partial charge in [-0.2, -0.15) is 10.4 Å². The van der Waals surface area contributed by atoms with Crippen LogP contribution >= 0.6 is 0 Å². The van der Waals surface area contributed by atoms with Gasteiger partial charge in [-0.25, -0.2) is 0 Å². The minimum absolute atomic E-state index is 0.0143. The molecule has 0 bridgehead atoms. The van der Waals surface area contributed by atoms with Crippen LogP contribution < -0.4 is 5.32 Å². The number of nitriles is 1. The van der Waals surface area contributed by atoms with Crippen molar-refractivity contribution >= 4 is 5.91 Å². The third-order valence-electron chi connectivity index (χ3n) is 2.94. The summed E-state index contributed by atoms with van der Waals surface area (Å²) >= 11 is 0. The van der Waals surface area contributed by atoms with E-state index in [2.05, 4.69) is 16.5 Å². The molecule has 0 aromatic carbocycles. The summed E-state index contributed by atoms with van der Waals surface area (Å²) in [5.41, 5.74) is 0.408. The fraction of sp³-hybridized carbons (Fsp3) is 0.545. The van der Waals surface area contributed by atoms with Gasteiger partial charge in [0.2, 0.25) is 0 Å². The minimum Gasteiger partial charge on any atom is -0.347 e. The second-order valence-electron chi connectivity index (χ2n) is 4.12. The largest absolute Gasteiger partial charge is 0.347 e. The number of aryl methyl sites for hydroxylation is 1. The molecule has 16 heavy (non-hydrogen) atoms. The summed E-state index contributed by atoms with van der Waals surface area (Å²) in [6.07, 6.45) is 4.50. The van der Waals surface area contributed by atoms with Crippen LogP contribution in [0.3, 0.4) is 0 Å². The Kier molecular flexibility index (Phi) is 2.91. The molecule has 0 saturated heterocycles. The predicted molar refractivity (Wildman–Crippen MR) is 57.4 cm³/mol. The number of carbonyl (C=O) groups excluding carboxylic acids is 1. The van der Waals surface area contributed by atoms with E-state index in [0.29, 0.717) is 5.69 Å². The molecule has 1 aliphatic carbocycles. The molecule has 2 rings (SSSR count). The van der Waals surface area contributed by atoms with Crippen molar-refractivity contribution in [2.24, 2.45) is 13.0 Å². The Morgan fingerprint density at radius 2 is 2.50 bits per heavy atom. The lowest BCUT2D eigenvalue weighted by Gasteiger charge is -2.14. The summed E-state index contributed by atoms with van der Waals surface area (Å²) in [7, 11) is 1.77. The smallest absolute Gasteiger partial charge is 0.272 e. The van der Waals surface area contributed by atoms with E-state index in [4.69, 9.17) is 5.26 Å². The fourth-order valence-electron chi connectivity index (χ4n) is 2.07. The maximum absolute atomic E-state index is 11.8. The summed E-state index contributed by atoms with van der Waals surface area (Å²) in [6.45, 7) is 0. The highest BCUT2D eigenvalue weighted by molar-refractivity contribution is 5.92. The van der Waals surface area contributed by atoms with E-state index in [-0.39, 0.29) is 17.9 Å². The first-order chi connectivity index (χ1) is 7.70. The molecule has 1 aliphatic rings. The van der Waals surface area contributed by atoms with E-state index in [9.17, 15) is 4.79 Å². The first-order valence-corrected chi connectivity index (χ1v) is 5.41. The average Bonchev–Trinajstić information content (AvgIpc) is 2.86. The van der Waals surface area contributed by atoms with Gasteiger partial charge in [-0.05, 0) is 25.3 Å². The van der Waals surface area contributed by atoms with Crippen molar-refractivity contribution in [1.82, 2.24) is 15.1 Å². The normalized spacial score (nSPS) is 24.0. The van der Waals surface area contributed by atoms with E-state index in [0.717, 1.165) is 19.3 Å². The molecule has 0 spiro atoms. The summed E-state index contributed by atoms with van der Waals surface area (Å²) in [5, 5.41) is 15.8. The molecule has 1 aromatic heterocycles. The SMILES string of the molecule is Cn1ccc(C(=O)NC2CCCC2C#N)n1. The second-order valence-corrected chi connectivity index (χ2v) is 4.12. The van der Waals surface area contributed by atoms with Gasteiger partial charge in [0.25, 0.3) is 5.91 Å². The molecule has 1 heterocycles. The Hall–Kier alpha value is -1.83. The van der Waals surface area contributed by atoms with Gasteiger partial charge in [-0.15, -0.1) is 0 Å². The third-order valence-corrected chi connectivity index (χ3v) is 2.94. The van der Waals surface area contributed by atoms with Crippen molar-refractivity contribution in [3.8, 4) is 6.07 Å². The highest BCUT2D eigenvalue weighted by Gasteiger charge is 2.28. The lowest BCUT2D eigenvalue weighted by Crippen LogP contribution is -2.37. The number of aromatic nitrogens is 2. The Morgan fingerprint density at radius 1 is 1.69 bits per heavy atom. The zero-order chi connectivity index (χ0) is 11.5. The number of carbonyl (C=O) groups is 1. The molecule has 2 atom stereocenters. The van der Waals surface area contributed by atoms with Crippen molar-refractivity contribution < 1.29 is 4.79 Å². The molecule has 1 amide bonds. The second kappa shape index (κ2) is 4.35. The number of hydrogen-bond donors (Lipinski definition) is 1. The lowest BCUT2D eigenvalue weighted by molar-refractivity contribution is 0.0927. The molecule has 1 saturated carbocycles. The van der Waals surface area contributed by atoms with Gasteiger partial charge in [-0.3, -0.25) is 9.48 Å². The quantitative estimate of drug-likeness (QED) is 0.799. The number of hydrogen-bond acceptors (Lipinski definition) is 3. The van der Waals surface area contributed by atoms with Gasteiger partial charge >= 0.3 is 0 Å². The Balaban J connectivity index is 2.00. The first-order valence-electron chi connectivity index (χ1n) is 5.41. The predicted octanol–water partition coefficient (Wildman–Crippen LogP) is 0.842. The number of rotatable bonds is 2. The van der Waals surface area contributed by atoms with Gasteiger partial charge in [0.05, 0.1) is 12.0 Å². The summed E-state index contributed by atoms with van der Waals surface area (Å²) in [4.78, 5) is 11.8. The summed E-state index contributed by atoms with van der Waals surface area (Å²) < 4.78 is 1.59. The molecule has 5 heteroatoms. The van der Waals surface area contributed by atoms with Crippen LogP contribution in [0.1, 0.15) is 29.8 Å². The van der Waals surface area contributed by atoms with Crippen molar-refractivity contribution in [3.05, 3.63) is 18.0 Å². The average molecular weight is 218 g/mol. The van der Waals surface area contributed by atoms with E-state index in [1.54, 1.807) is 24.0 Å². The van der Waals surface area contributed by atoms with Crippen LogP contribution in [0.5, 0.6) is 0 Å². The lowest BCUT2D eigenvalue weighted by atomic mass is 10.1. The third kappa shape index (κ3) is 2.06. The number of amides is 1. The molecule has 2 unspecified atom stereocenters. The Bertz CT molecular complexity index is 431. The van der Waals surface area contributed by atoms with E-state index >= 15 is 0 Å². The zero-order valence-corrected chi connectivity index (χ0v) is 9.18. The molecule has 84 valence electrons. The molecular formula is C11H14N4O. The number of nitrogens with one attached hydrogen (secondary N) is 1. The highest BCUT2D eigenvalue weighted by atomic mass is 16.2. The Morgan fingerprint density at radius 3 is 3.12 bits per heavy atom. The summed E-state index contributed by atoms with van der Waals surface area (Å²) in [5.74, 6) is -0.236. The van der Waals surface area contributed by atoms with Gasteiger partial charge < -0.3 is 5.32 Å². The molecular weight excluding hydrogens is 204 g/mol. The molecule has 0 radical (unpaired) electrons. The maximum Gasteiger partial charge on any atom is 0.272 e. The van der Waals surface area contributed by atoms with E-state index in [1.807, 2.05) is 0 Å². The summed E-state index contributed by atoms with van der Waals surface area (Å²) in [6, 6.07) is 3.89. The standard InChI is InChI=1S/C11H14N4O/c1-15-6-5-10(14-15)11(16)13-9-4-2-3-8(9)7-12/h5-6,8-9H,2-4H2,1H3,(H,13,16). The maximum atomic E-state index is 11.8. The van der Waals surface area contributed by atoms with E-state index < -0.39 is 0 Å². The van der Waals surface area contributed by atoms with E-state index in [1.165, 1.54) is 0 Å². The molecule has 1 N–H and O–H groups in total. The number of nitrogens with zero attached hydrogens (tertiary/aromatic N) is 3. The highest BCUT2D eigenvalue weighted by Crippen LogP contribution is 2.24. The molecule has 1 fully saturated rings. The topological polar surface area (TPSA) is 70.7 Å². The van der Waals surface area contributed by atoms with Crippen molar-refractivity contribution in [2.75, 3.05) is 0 Å². The van der Waals surface area contributed by atoms with Crippen LogP contribution in [0.4, 0.5) is 0 Å². The molecule has 5 nitrogen and oxygen atoms in total. The molecule has 0 aliphatic heterocycles. The van der Waals surface area contributed by atoms with Crippen molar-refractivity contribution in [2.45, 2.75) is 25.3 Å². The first kappa shape index (κ1) is 10.7. The van der Waals surface area contributed by atoms with Crippen LogP contribution in [0, 0.1) is 17.2 Å². The van der Waals surface area contributed by atoms with Crippen LogP contribution in [-0.4, -0.2) is 21.7 Å². The van der Waals surface area contributed by atoms with Crippen LogP contribution in [-0.2, 0) is 7.05 Å². The molecule has 1 aromatic rings. The van der Waals surface area contributed by atoms with Crippen LogP contribution in [0.15, 0.2) is 12.3 Å². The van der Waals surface area contributed by atoms with Crippen molar-refractivity contribution in [3.63, 3.8) is 0 Å². The van der Waals surface area contributed by atoms with Gasteiger partial charge in [0.1, 0.15) is 5.69 Å². The van der Waals surface area contributed by atoms with Crippen molar-refractivity contribution in [1.29, 1.82) is 5.26 Å². The zero-order valence-electron chi connectivity index (χ0n) is 9.18. The van der Waals surface area contributed by atoms with Gasteiger partial charge in [-0.1, -0.05) is 0 Å². The van der Waals surface area contributed by atoms with Gasteiger partial charge in [0.15, 0.2) is 0 Å².